The minimum absolute atomic E-state index is 0.388. The van der Waals surface area contributed by atoms with Crippen LogP contribution in [0.4, 0.5) is 0 Å². The van der Waals surface area contributed by atoms with Crippen LogP contribution in [0.15, 0.2) is 28.7 Å². The molecule has 6 heteroatoms. The molecule has 0 bridgehead atoms. The van der Waals surface area contributed by atoms with Crippen LogP contribution in [0, 0.1) is 20.8 Å². The SMILES string of the molecule is COc1cc(C(=O)NNC(=O)c2cc(C)oc2C)ccc1C. The third kappa shape index (κ3) is 3.28. The first-order valence-electron chi connectivity index (χ1n) is 6.74. The quantitative estimate of drug-likeness (QED) is 0.852. The third-order valence-corrected chi connectivity index (χ3v) is 3.25. The van der Waals surface area contributed by atoms with E-state index < -0.39 is 11.8 Å². The van der Waals surface area contributed by atoms with Gasteiger partial charge in [-0.3, -0.25) is 20.4 Å². The van der Waals surface area contributed by atoms with Crippen LogP contribution in [0.1, 0.15) is 37.8 Å². The van der Waals surface area contributed by atoms with Gasteiger partial charge in [-0.1, -0.05) is 6.07 Å². The fourth-order valence-corrected chi connectivity index (χ4v) is 2.07. The molecule has 1 aromatic carbocycles. The van der Waals surface area contributed by atoms with Gasteiger partial charge < -0.3 is 9.15 Å². The molecule has 0 aliphatic heterocycles. The molecule has 2 aromatic rings. The smallest absolute Gasteiger partial charge is 0.273 e. The Labute approximate surface area is 128 Å². The average Bonchev–Trinajstić information content (AvgIpc) is 2.83. The van der Waals surface area contributed by atoms with Crippen molar-refractivity contribution in [3.63, 3.8) is 0 Å². The van der Waals surface area contributed by atoms with E-state index in [1.807, 2.05) is 6.92 Å². The Morgan fingerprint density at radius 2 is 1.73 bits per heavy atom. The molecule has 0 radical (unpaired) electrons. The number of aryl methyl sites for hydroxylation is 3. The monoisotopic (exact) mass is 302 g/mol. The summed E-state index contributed by atoms with van der Waals surface area (Å²) >= 11 is 0. The molecular formula is C16H18N2O4. The summed E-state index contributed by atoms with van der Waals surface area (Å²) in [4.78, 5) is 24.0. The predicted molar refractivity (Wildman–Crippen MR) is 80.8 cm³/mol. The molecule has 0 aliphatic rings. The van der Waals surface area contributed by atoms with Crippen LogP contribution < -0.4 is 15.6 Å². The highest BCUT2D eigenvalue weighted by Crippen LogP contribution is 2.18. The summed E-state index contributed by atoms with van der Waals surface area (Å²) < 4.78 is 10.4. The molecule has 2 amide bonds. The highest BCUT2D eigenvalue weighted by Gasteiger charge is 2.15. The van der Waals surface area contributed by atoms with Gasteiger partial charge in [-0.2, -0.15) is 0 Å². The van der Waals surface area contributed by atoms with Crippen molar-refractivity contribution < 1.29 is 18.7 Å². The number of methoxy groups -OCH3 is 1. The number of hydrogen-bond acceptors (Lipinski definition) is 4. The second-order valence-corrected chi connectivity index (χ2v) is 4.92. The highest BCUT2D eigenvalue weighted by atomic mass is 16.5. The Hall–Kier alpha value is -2.76. The van der Waals surface area contributed by atoms with Crippen molar-refractivity contribution in [1.29, 1.82) is 0 Å². The predicted octanol–water partition coefficient (Wildman–Crippen LogP) is 2.29. The van der Waals surface area contributed by atoms with Crippen LogP contribution in [0.25, 0.3) is 0 Å². The van der Waals surface area contributed by atoms with E-state index in [-0.39, 0.29) is 0 Å². The zero-order valence-corrected chi connectivity index (χ0v) is 12.9. The molecule has 1 heterocycles. The number of ether oxygens (including phenoxy) is 1. The maximum Gasteiger partial charge on any atom is 0.273 e. The molecule has 1 aromatic heterocycles. The number of nitrogens with one attached hydrogen (secondary N) is 2. The minimum Gasteiger partial charge on any atom is -0.496 e. The lowest BCUT2D eigenvalue weighted by Gasteiger charge is -2.09. The van der Waals surface area contributed by atoms with E-state index in [0.717, 1.165) is 5.56 Å². The van der Waals surface area contributed by atoms with Gasteiger partial charge in [0.1, 0.15) is 17.3 Å². The summed E-state index contributed by atoms with van der Waals surface area (Å²) in [7, 11) is 1.54. The van der Waals surface area contributed by atoms with Crippen molar-refractivity contribution in [2.75, 3.05) is 7.11 Å². The number of carbonyl (C=O) groups excluding carboxylic acids is 2. The Morgan fingerprint density at radius 1 is 1.05 bits per heavy atom. The number of rotatable bonds is 3. The Kier molecular flexibility index (Phi) is 4.50. The van der Waals surface area contributed by atoms with Crippen LogP contribution in [0.5, 0.6) is 5.75 Å². The number of hydrazine groups is 1. The normalized spacial score (nSPS) is 10.2. The van der Waals surface area contributed by atoms with Crippen LogP contribution in [-0.2, 0) is 0 Å². The summed E-state index contributed by atoms with van der Waals surface area (Å²) in [6, 6.07) is 6.67. The first-order valence-corrected chi connectivity index (χ1v) is 6.74. The van der Waals surface area contributed by atoms with E-state index in [0.29, 0.717) is 28.4 Å². The zero-order valence-electron chi connectivity index (χ0n) is 12.9. The molecule has 2 rings (SSSR count). The highest BCUT2D eigenvalue weighted by molar-refractivity contribution is 5.99. The van der Waals surface area contributed by atoms with Gasteiger partial charge in [0, 0.05) is 5.56 Å². The van der Waals surface area contributed by atoms with Crippen molar-refractivity contribution in [2.45, 2.75) is 20.8 Å². The summed E-state index contributed by atoms with van der Waals surface area (Å²) in [5, 5.41) is 0. The number of furan rings is 1. The van der Waals surface area contributed by atoms with Crippen LogP contribution in [0.3, 0.4) is 0 Å². The van der Waals surface area contributed by atoms with E-state index in [4.69, 9.17) is 9.15 Å². The van der Waals surface area contributed by atoms with Gasteiger partial charge in [0.05, 0.1) is 12.7 Å². The summed E-state index contributed by atoms with van der Waals surface area (Å²) in [5.41, 5.74) is 6.44. The average molecular weight is 302 g/mol. The van der Waals surface area contributed by atoms with E-state index in [1.54, 1.807) is 38.1 Å². The van der Waals surface area contributed by atoms with Crippen LogP contribution >= 0.6 is 0 Å². The zero-order chi connectivity index (χ0) is 16.3. The van der Waals surface area contributed by atoms with Crippen LogP contribution in [0.2, 0.25) is 0 Å². The van der Waals surface area contributed by atoms with Crippen molar-refractivity contribution in [1.82, 2.24) is 10.9 Å². The first kappa shape index (κ1) is 15.6. The summed E-state index contributed by atoms with van der Waals surface area (Å²) in [6.07, 6.45) is 0. The van der Waals surface area contributed by atoms with E-state index >= 15 is 0 Å². The molecule has 6 nitrogen and oxygen atoms in total. The fourth-order valence-electron chi connectivity index (χ4n) is 2.07. The van der Waals surface area contributed by atoms with Crippen LogP contribution in [-0.4, -0.2) is 18.9 Å². The summed E-state index contributed by atoms with van der Waals surface area (Å²) in [5.74, 6) is 0.894. The number of amides is 2. The van der Waals surface area contributed by atoms with Crippen molar-refractivity contribution >= 4 is 11.8 Å². The molecule has 0 atom stereocenters. The molecule has 116 valence electrons. The number of benzene rings is 1. The van der Waals surface area contributed by atoms with Gasteiger partial charge in [0.2, 0.25) is 0 Å². The molecule has 0 spiro atoms. The van der Waals surface area contributed by atoms with Gasteiger partial charge in [-0.05, 0) is 44.5 Å². The van der Waals surface area contributed by atoms with E-state index in [9.17, 15) is 9.59 Å². The lowest BCUT2D eigenvalue weighted by atomic mass is 10.1. The molecular weight excluding hydrogens is 284 g/mol. The maximum absolute atomic E-state index is 12.0. The van der Waals surface area contributed by atoms with Gasteiger partial charge in [-0.25, -0.2) is 0 Å². The lowest BCUT2D eigenvalue weighted by Crippen LogP contribution is -2.41. The Morgan fingerprint density at radius 3 is 2.32 bits per heavy atom. The molecule has 0 fully saturated rings. The number of carbonyl (C=O) groups is 2. The molecule has 0 saturated carbocycles. The van der Waals surface area contributed by atoms with Gasteiger partial charge in [0.25, 0.3) is 11.8 Å². The van der Waals surface area contributed by atoms with E-state index in [1.165, 1.54) is 7.11 Å². The fraction of sp³-hybridized carbons (Fsp3) is 0.250. The third-order valence-electron chi connectivity index (χ3n) is 3.25. The Bertz CT molecular complexity index is 719. The molecule has 22 heavy (non-hydrogen) atoms. The largest absolute Gasteiger partial charge is 0.496 e. The minimum atomic E-state index is -0.429. The second kappa shape index (κ2) is 6.34. The molecule has 0 aliphatic carbocycles. The van der Waals surface area contributed by atoms with Gasteiger partial charge in [0.15, 0.2) is 0 Å². The molecule has 0 unspecified atom stereocenters. The maximum atomic E-state index is 12.0. The van der Waals surface area contributed by atoms with Crippen molar-refractivity contribution in [3.8, 4) is 5.75 Å². The molecule has 0 saturated heterocycles. The van der Waals surface area contributed by atoms with Gasteiger partial charge in [-0.15, -0.1) is 0 Å². The topological polar surface area (TPSA) is 80.6 Å². The van der Waals surface area contributed by atoms with E-state index in [2.05, 4.69) is 10.9 Å². The van der Waals surface area contributed by atoms with Crippen molar-refractivity contribution in [2.24, 2.45) is 0 Å². The molecule has 2 N–H and O–H groups in total. The second-order valence-electron chi connectivity index (χ2n) is 4.92. The first-order chi connectivity index (χ1) is 10.4. The lowest BCUT2D eigenvalue weighted by molar-refractivity contribution is 0.0845. The van der Waals surface area contributed by atoms with Gasteiger partial charge >= 0.3 is 0 Å². The standard InChI is InChI=1S/C16H18N2O4/c1-9-5-6-12(8-14(9)21-4)15(19)17-18-16(20)13-7-10(2)22-11(13)3/h5-8H,1-4H3,(H,17,19)(H,18,20). The summed E-state index contributed by atoms with van der Waals surface area (Å²) in [6.45, 7) is 5.32. The number of hydrogen-bond donors (Lipinski definition) is 2. The van der Waals surface area contributed by atoms with Crippen molar-refractivity contribution in [3.05, 3.63) is 52.5 Å². The Balaban J connectivity index is 2.04.